The number of hydrogen-bond donors (Lipinski definition) is 8. The number of halogens is 3. The Balaban J connectivity index is 3.27. The first kappa shape index (κ1) is 38.5. The van der Waals surface area contributed by atoms with E-state index in [1.165, 1.54) is 30.3 Å². The highest BCUT2D eigenvalue weighted by Crippen LogP contribution is 2.17. The zero-order valence-electron chi connectivity index (χ0n) is 24.5. The van der Waals surface area contributed by atoms with Crippen molar-refractivity contribution in [3.63, 3.8) is 0 Å². The maximum absolute atomic E-state index is 13.4. The Morgan fingerprint density at radius 2 is 1.54 bits per heavy atom. The van der Waals surface area contributed by atoms with Gasteiger partial charge in [0.05, 0.1) is 0 Å². The number of carbonyl (C=O) groups is 6. The number of carbonyl (C=O) groups excluding carboxylic acids is 6. The van der Waals surface area contributed by atoms with Crippen LogP contribution in [0, 0.1) is 11.3 Å². The van der Waals surface area contributed by atoms with E-state index in [9.17, 15) is 41.9 Å². The van der Waals surface area contributed by atoms with E-state index in [0.29, 0.717) is 11.1 Å². The summed E-state index contributed by atoms with van der Waals surface area (Å²) >= 11 is 0. The Labute approximate surface area is 261 Å². The summed E-state index contributed by atoms with van der Waals surface area (Å²) in [6.07, 6.45) is -5.93. The number of amides is 4. The topological polar surface area (TPSA) is 288 Å². The summed E-state index contributed by atoms with van der Waals surface area (Å²) in [5.41, 5.74) is 22.1. The van der Waals surface area contributed by atoms with Crippen LogP contribution in [0.25, 0.3) is 0 Å². The van der Waals surface area contributed by atoms with Crippen molar-refractivity contribution in [2.75, 3.05) is 13.1 Å². The molecule has 46 heavy (non-hydrogen) atoms. The third-order valence-electron chi connectivity index (χ3n) is 6.07. The van der Waals surface area contributed by atoms with Gasteiger partial charge in [0.25, 0.3) is 0 Å². The molecule has 0 radical (unpaired) electrons. The van der Waals surface area contributed by atoms with E-state index in [2.05, 4.69) is 32.3 Å². The third kappa shape index (κ3) is 13.9. The Kier molecular flexibility index (Phi) is 15.4. The molecule has 0 aromatic heterocycles. The van der Waals surface area contributed by atoms with Crippen LogP contribution in [0.2, 0.25) is 0 Å². The first-order valence-electron chi connectivity index (χ1n) is 13.5. The van der Waals surface area contributed by atoms with E-state index in [4.69, 9.17) is 28.3 Å². The average molecular weight is 656 g/mol. The highest BCUT2D eigenvalue weighted by atomic mass is 19.4. The zero-order chi connectivity index (χ0) is 35.0. The molecule has 0 saturated heterocycles. The molecule has 4 amide bonds. The molecular weight excluding hydrogens is 619 g/mol. The molecule has 19 heteroatoms. The first-order chi connectivity index (χ1) is 21.5. The van der Waals surface area contributed by atoms with Crippen molar-refractivity contribution in [1.29, 1.82) is 5.41 Å². The number of nitrogen functional groups attached to an aromatic ring is 1. The lowest BCUT2D eigenvalue weighted by atomic mass is 9.95. The van der Waals surface area contributed by atoms with Crippen LogP contribution in [0.5, 0.6) is 0 Å². The summed E-state index contributed by atoms with van der Waals surface area (Å²) in [6.45, 7) is 3.51. The van der Waals surface area contributed by atoms with Crippen LogP contribution in [-0.2, 0) is 39.9 Å². The van der Waals surface area contributed by atoms with Gasteiger partial charge in [-0.25, -0.2) is 4.79 Å². The number of primary amides is 1. The number of nitrogens with two attached hydrogens (primary N) is 4. The van der Waals surface area contributed by atoms with Crippen molar-refractivity contribution >= 4 is 47.4 Å². The van der Waals surface area contributed by atoms with Gasteiger partial charge in [0.2, 0.25) is 23.6 Å². The standard InChI is InChI=1S/C27H36F3N9O7/c1-2-11-36-22(42)16(13-14-5-7-15(8-6-14)20(31)32)23(43)39-18(9-10-19(40)46-25(45)27(28,29)30)24(44)38-17(21(33)41)4-3-12-37-26(34)35/h2,5-8,16-18H,1,3-4,9-13H2,(H3,31,32)(H2,33,41)(H,36,42)(H,38,44)(H,39,43)(H4,34,35,37)/t16?,17-,18-/m0/s1. The molecule has 252 valence electrons. The molecule has 0 aliphatic rings. The number of ether oxygens (including phenoxy) is 1. The minimum atomic E-state index is -5.47. The van der Waals surface area contributed by atoms with Gasteiger partial charge in [-0.05, 0) is 31.2 Å². The maximum Gasteiger partial charge on any atom is 0.491 e. The summed E-state index contributed by atoms with van der Waals surface area (Å²) in [4.78, 5) is 78.3. The van der Waals surface area contributed by atoms with Gasteiger partial charge in [-0.3, -0.25) is 34.4 Å². The molecule has 0 fully saturated rings. The molecule has 0 spiro atoms. The van der Waals surface area contributed by atoms with Crippen molar-refractivity contribution < 1.29 is 46.7 Å². The van der Waals surface area contributed by atoms with Gasteiger partial charge in [-0.15, -0.1) is 6.58 Å². The van der Waals surface area contributed by atoms with Gasteiger partial charge in [0.1, 0.15) is 23.8 Å². The normalized spacial score (nSPS) is 12.8. The zero-order valence-corrected chi connectivity index (χ0v) is 24.5. The number of benzene rings is 1. The highest BCUT2D eigenvalue weighted by molar-refractivity contribution is 6.02. The third-order valence-corrected chi connectivity index (χ3v) is 6.07. The quantitative estimate of drug-likeness (QED) is 0.0223. The van der Waals surface area contributed by atoms with Crippen LogP contribution in [-0.4, -0.2) is 78.7 Å². The molecule has 12 N–H and O–H groups in total. The smallest absolute Gasteiger partial charge is 0.386 e. The minimum Gasteiger partial charge on any atom is -0.386 e. The number of esters is 2. The van der Waals surface area contributed by atoms with Crippen LogP contribution < -0.4 is 38.9 Å². The molecule has 0 aliphatic heterocycles. The van der Waals surface area contributed by atoms with Gasteiger partial charge in [0.15, 0.2) is 5.96 Å². The van der Waals surface area contributed by atoms with Gasteiger partial charge >= 0.3 is 18.1 Å². The molecule has 0 aliphatic carbocycles. The fraction of sp³-hybridized carbons (Fsp3) is 0.407. The maximum atomic E-state index is 13.4. The Bertz CT molecular complexity index is 1330. The van der Waals surface area contributed by atoms with Crippen molar-refractivity contribution in [1.82, 2.24) is 16.0 Å². The van der Waals surface area contributed by atoms with Gasteiger partial charge in [-0.2, -0.15) is 13.2 Å². The van der Waals surface area contributed by atoms with E-state index >= 15 is 0 Å². The number of guanidine groups is 1. The minimum absolute atomic E-state index is 0.0327. The molecule has 1 rings (SSSR count). The van der Waals surface area contributed by atoms with Crippen molar-refractivity contribution in [2.45, 2.75) is 50.4 Å². The molecule has 16 nitrogen and oxygen atoms in total. The Morgan fingerprint density at radius 3 is 2.07 bits per heavy atom. The van der Waals surface area contributed by atoms with Crippen molar-refractivity contribution in [3.05, 3.63) is 48.0 Å². The number of amidine groups is 1. The number of nitrogens with zero attached hydrogens (tertiary/aromatic N) is 1. The number of nitrogens with one attached hydrogen (secondary N) is 4. The fourth-order valence-electron chi connectivity index (χ4n) is 3.73. The molecule has 1 aromatic rings. The lowest BCUT2D eigenvalue weighted by Crippen LogP contribution is -2.55. The molecular formula is C27H36F3N9O7. The first-order valence-corrected chi connectivity index (χ1v) is 13.5. The number of rotatable bonds is 18. The van der Waals surface area contributed by atoms with E-state index in [0.717, 1.165) is 0 Å². The summed E-state index contributed by atoms with van der Waals surface area (Å²) in [6, 6.07) is 2.93. The summed E-state index contributed by atoms with van der Waals surface area (Å²) in [7, 11) is 0. The molecule has 0 heterocycles. The predicted octanol–water partition coefficient (Wildman–Crippen LogP) is -1.65. The van der Waals surface area contributed by atoms with E-state index < -0.39 is 72.6 Å². The van der Waals surface area contributed by atoms with Gasteiger partial charge < -0.3 is 43.6 Å². The SMILES string of the molecule is C=CCNC(=O)C(Cc1ccc(C(=N)N)cc1)C(=O)N[C@@H](CCC(=O)OC(=O)C(F)(F)F)C(=O)N[C@@H](CCCN=C(N)N)C(N)=O. The number of alkyl halides is 3. The molecule has 3 atom stereocenters. The van der Waals surface area contributed by atoms with Crippen LogP contribution >= 0.6 is 0 Å². The Morgan fingerprint density at radius 1 is 0.935 bits per heavy atom. The van der Waals surface area contributed by atoms with Crippen LogP contribution in [0.15, 0.2) is 41.9 Å². The molecule has 0 bridgehead atoms. The van der Waals surface area contributed by atoms with Gasteiger partial charge in [-0.1, -0.05) is 30.3 Å². The number of aliphatic imine (C=N–C) groups is 1. The summed E-state index contributed by atoms with van der Waals surface area (Å²) in [5, 5.41) is 14.5. The van der Waals surface area contributed by atoms with Crippen LogP contribution in [0.1, 0.15) is 36.8 Å². The number of hydrogen-bond acceptors (Lipinski definition) is 9. The lowest BCUT2D eigenvalue weighted by molar-refractivity contribution is -0.201. The Hall–Kier alpha value is -5.49. The van der Waals surface area contributed by atoms with Crippen LogP contribution in [0.4, 0.5) is 13.2 Å². The fourth-order valence-corrected chi connectivity index (χ4v) is 3.73. The second kappa shape index (κ2) is 18.3. The van der Waals surface area contributed by atoms with E-state index in [1.807, 2.05) is 0 Å². The monoisotopic (exact) mass is 655 g/mol. The van der Waals surface area contributed by atoms with Gasteiger partial charge in [0, 0.05) is 25.1 Å². The summed E-state index contributed by atoms with van der Waals surface area (Å²) < 4.78 is 41.3. The lowest BCUT2D eigenvalue weighted by Gasteiger charge is -2.24. The van der Waals surface area contributed by atoms with Crippen molar-refractivity contribution in [2.24, 2.45) is 33.8 Å². The molecule has 0 saturated carbocycles. The predicted molar refractivity (Wildman–Crippen MR) is 157 cm³/mol. The second-order valence-corrected chi connectivity index (χ2v) is 9.67. The van der Waals surface area contributed by atoms with E-state index in [-0.39, 0.29) is 44.1 Å². The molecule has 1 aromatic carbocycles. The highest BCUT2D eigenvalue weighted by Gasteiger charge is 2.42. The second-order valence-electron chi connectivity index (χ2n) is 9.67. The summed E-state index contributed by atoms with van der Waals surface area (Å²) in [5.74, 6) is -10.3. The molecule has 1 unspecified atom stereocenters. The van der Waals surface area contributed by atoms with Crippen LogP contribution in [0.3, 0.4) is 0 Å². The van der Waals surface area contributed by atoms with E-state index in [1.54, 1.807) is 0 Å². The average Bonchev–Trinajstić information content (AvgIpc) is 2.97. The largest absolute Gasteiger partial charge is 0.491 e. The van der Waals surface area contributed by atoms with Crippen molar-refractivity contribution in [3.8, 4) is 0 Å².